The Morgan fingerprint density at radius 3 is 2.25 bits per heavy atom. The van der Waals surface area contributed by atoms with Crippen molar-refractivity contribution in [2.75, 3.05) is 52.4 Å². The summed E-state index contributed by atoms with van der Waals surface area (Å²) in [5, 5.41) is 3.69. The van der Waals surface area contributed by atoms with Gasteiger partial charge in [0.25, 0.3) is 0 Å². The molecule has 1 saturated carbocycles. The van der Waals surface area contributed by atoms with Gasteiger partial charge >= 0.3 is 0 Å². The number of nitrogens with zero attached hydrogens (tertiary/aromatic N) is 2. The summed E-state index contributed by atoms with van der Waals surface area (Å²) in [5.41, 5.74) is 0. The van der Waals surface area contributed by atoms with Gasteiger partial charge in [-0.05, 0) is 31.2 Å². The molecule has 2 rings (SSSR count). The molecule has 0 aromatic rings. The summed E-state index contributed by atoms with van der Waals surface area (Å²) in [6, 6.07) is 0. The smallest absolute Gasteiger partial charge is 0.0110 e. The maximum atomic E-state index is 3.69. The molecule has 1 aliphatic carbocycles. The second-order valence-electron chi connectivity index (χ2n) is 7.24. The minimum absolute atomic E-state index is 0.804. The van der Waals surface area contributed by atoms with Crippen LogP contribution in [0.3, 0.4) is 0 Å². The quantitative estimate of drug-likeness (QED) is 0.723. The molecule has 2 aliphatic rings. The largest absolute Gasteiger partial charge is 0.315 e. The normalized spacial score (nSPS) is 23.6. The van der Waals surface area contributed by atoms with E-state index in [2.05, 4.69) is 29.0 Å². The molecular weight excluding hydrogens is 246 g/mol. The van der Waals surface area contributed by atoms with Gasteiger partial charge in [-0.2, -0.15) is 0 Å². The van der Waals surface area contributed by atoms with Crippen molar-refractivity contribution >= 4 is 0 Å². The van der Waals surface area contributed by atoms with Crippen LogP contribution in [0.4, 0.5) is 0 Å². The molecule has 0 radical (unpaired) electrons. The monoisotopic (exact) mass is 281 g/mol. The molecule has 1 heterocycles. The molecule has 1 saturated heterocycles. The Labute approximate surface area is 126 Å². The van der Waals surface area contributed by atoms with Gasteiger partial charge in [-0.15, -0.1) is 0 Å². The topological polar surface area (TPSA) is 18.5 Å². The predicted molar refractivity (Wildman–Crippen MR) is 87.2 cm³/mol. The van der Waals surface area contributed by atoms with E-state index < -0.39 is 0 Å². The van der Waals surface area contributed by atoms with Crippen LogP contribution in [0.25, 0.3) is 0 Å². The van der Waals surface area contributed by atoms with Gasteiger partial charge in [0, 0.05) is 45.8 Å². The van der Waals surface area contributed by atoms with Crippen LogP contribution in [0.15, 0.2) is 0 Å². The molecule has 0 amide bonds. The van der Waals surface area contributed by atoms with Crippen LogP contribution >= 0.6 is 0 Å². The highest BCUT2D eigenvalue weighted by atomic mass is 15.3. The molecule has 3 nitrogen and oxygen atoms in total. The highest BCUT2D eigenvalue weighted by molar-refractivity contribution is 4.74. The number of rotatable bonds is 7. The molecule has 1 N–H and O–H groups in total. The SMILES string of the molecule is CC(C)CN1CCN(CCNCC2CCCCC2)CC1. The lowest BCUT2D eigenvalue weighted by Gasteiger charge is -2.35. The summed E-state index contributed by atoms with van der Waals surface area (Å²) in [6.07, 6.45) is 7.31. The molecule has 20 heavy (non-hydrogen) atoms. The van der Waals surface area contributed by atoms with Gasteiger partial charge in [-0.3, -0.25) is 4.90 Å². The fraction of sp³-hybridized carbons (Fsp3) is 1.00. The number of hydrogen-bond acceptors (Lipinski definition) is 3. The molecule has 0 spiro atoms. The van der Waals surface area contributed by atoms with E-state index in [1.54, 1.807) is 0 Å². The lowest BCUT2D eigenvalue weighted by molar-refractivity contribution is 0.122. The Balaban J connectivity index is 1.48. The van der Waals surface area contributed by atoms with Gasteiger partial charge in [0.1, 0.15) is 0 Å². The van der Waals surface area contributed by atoms with Crippen LogP contribution in [0, 0.1) is 11.8 Å². The van der Waals surface area contributed by atoms with Crippen LogP contribution in [0.2, 0.25) is 0 Å². The van der Waals surface area contributed by atoms with Crippen LogP contribution < -0.4 is 5.32 Å². The molecule has 0 bridgehead atoms. The second kappa shape index (κ2) is 9.01. The summed E-state index contributed by atoms with van der Waals surface area (Å²) in [6.45, 7) is 14.6. The Morgan fingerprint density at radius 1 is 0.950 bits per heavy atom. The molecule has 0 unspecified atom stereocenters. The zero-order chi connectivity index (χ0) is 14.2. The zero-order valence-corrected chi connectivity index (χ0v) is 13.7. The van der Waals surface area contributed by atoms with Crippen LogP contribution in [0.5, 0.6) is 0 Å². The maximum Gasteiger partial charge on any atom is 0.0110 e. The molecule has 2 fully saturated rings. The van der Waals surface area contributed by atoms with Crippen molar-refractivity contribution in [2.24, 2.45) is 11.8 Å². The summed E-state index contributed by atoms with van der Waals surface area (Å²) in [7, 11) is 0. The average Bonchev–Trinajstić information content (AvgIpc) is 2.46. The van der Waals surface area contributed by atoms with Crippen molar-refractivity contribution in [1.29, 1.82) is 0 Å². The van der Waals surface area contributed by atoms with E-state index in [1.807, 2.05) is 0 Å². The van der Waals surface area contributed by atoms with Gasteiger partial charge in [-0.1, -0.05) is 33.1 Å². The standard InChI is InChI=1S/C17H35N3/c1-16(2)15-20-12-10-19(11-13-20)9-8-18-14-17-6-4-3-5-7-17/h16-18H,3-15H2,1-2H3. The fourth-order valence-corrected chi connectivity index (χ4v) is 3.65. The van der Waals surface area contributed by atoms with E-state index in [9.17, 15) is 0 Å². The Morgan fingerprint density at radius 2 is 1.60 bits per heavy atom. The van der Waals surface area contributed by atoms with Crippen LogP contribution in [-0.2, 0) is 0 Å². The molecule has 1 aliphatic heterocycles. The van der Waals surface area contributed by atoms with Gasteiger partial charge in [0.05, 0.1) is 0 Å². The third kappa shape index (κ3) is 6.11. The highest BCUT2D eigenvalue weighted by Crippen LogP contribution is 2.22. The molecule has 3 heteroatoms. The minimum Gasteiger partial charge on any atom is -0.315 e. The Hall–Kier alpha value is -0.120. The van der Waals surface area contributed by atoms with Gasteiger partial charge in [0.2, 0.25) is 0 Å². The second-order valence-corrected chi connectivity index (χ2v) is 7.24. The predicted octanol–water partition coefficient (Wildman–Crippen LogP) is 2.43. The van der Waals surface area contributed by atoms with Crippen LogP contribution in [0.1, 0.15) is 46.0 Å². The van der Waals surface area contributed by atoms with Crippen molar-refractivity contribution in [2.45, 2.75) is 46.0 Å². The molecular formula is C17H35N3. The van der Waals surface area contributed by atoms with E-state index in [-0.39, 0.29) is 0 Å². The summed E-state index contributed by atoms with van der Waals surface area (Å²) in [5.74, 6) is 1.77. The first-order valence-corrected chi connectivity index (χ1v) is 8.89. The molecule has 0 aromatic heterocycles. The number of piperazine rings is 1. The van der Waals surface area contributed by atoms with Crippen molar-refractivity contribution in [3.05, 3.63) is 0 Å². The van der Waals surface area contributed by atoms with Crippen LogP contribution in [-0.4, -0.2) is 62.2 Å². The van der Waals surface area contributed by atoms with Crippen molar-refractivity contribution in [3.8, 4) is 0 Å². The minimum atomic E-state index is 0.804. The number of hydrogen-bond donors (Lipinski definition) is 1. The molecule has 0 atom stereocenters. The van der Waals surface area contributed by atoms with Crippen molar-refractivity contribution in [1.82, 2.24) is 15.1 Å². The number of nitrogens with one attached hydrogen (secondary N) is 1. The van der Waals surface area contributed by atoms with Gasteiger partial charge in [0.15, 0.2) is 0 Å². The zero-order valence-electron chi connectivity index (χ0n) is 13.7. The summed E-state index contributed by atoms with van der Waals surface area (Å²) in [4.78, 5) is 5.25. The lowest BCUT2D eigenvalue weighted by Crippen LogP contribution is -2.49. The van der Waals surface area contributed by atoms with E-state index in [0.717, 1.165) is 11.8 Å². The van der Waals surface area contributed by atoms with E-state index in [0.29, 0.717) is 0 Å². The third-order valence-electron chi connectivity index (χ3n) is 4.85. The van der Waals surface area contributed by atoms with Gasteiger partial charge in [-0.25, -0.2) is 0 Å². The van der Waals surface area contributed by atoms with E-state index in [1.165, 1.54) is 84.5 Å². The first-order chi connectivity index (χ1) is 9.74. The van der Waals surface area contributed by atoms with Crippen molar-refractivity contribution < 1.29 is 0 Å². The Bertz CT molecular complexity index is 241. The molecule has 0 aromatic carbocycles. The van der Waals surface area contributed by atoms with E-state index in [4.69, 9.17) is 0 Å². The van der Waals surface area contributed by atoms with Gasteiger partial charge < -0.3 is 10.2 Å². The van der Waals surface area contributed by atoms with Crippen molar-refractivity contribution in [3.63, 3.8) is 0 Å². The molecule has 118 valence electrons. The van der Waals surface area contributed by atoms with E-state index >= 15 is 0 Å². The third-order valence-corrected chi connectivity index (χ3v) is 4.85. The highest BCUT2D eigenvalue weighted by Gasteiger charge is 2.17. The Kier molecular flexibility index (Phi) is 7.32. The first kappa shape index (κ1) is 16.3. The lowest BCUT2D eigenvalue weighted by atomic mass is 9.89. The summed E-state index contributed by atoms with van der Waals surface area (Å²) >= 11 is 0. The first-order valence-electron chi connectivity index (χ1n) is 8.89. The maximum absolute atomic E-state index is 3.69. The summed E-state index contributed by atoms with van der Waals surface area (Å²) < 4.78 is 0. The fourth-order valence-electron chi connectivity index (χ4n) is 3.65. The average molecular weight is 281 g/mol.